The maximum absolute atomic E-state index is 13.8. The Morgan fingerprint density at radius 1 is 1.22 bits per heavy atom. The van der Waals surface area contributed by atoms with Gasteiger partial charge in [-0.05, 0) is 54.2 Å². The number of aromatic nitrogens is 1. The molecule has 0 saturated carbocycles. The molecule has 5 heteroatoms. The second-order valence-electron chi connectivity index (χ2n) is 7.08. The van der Waals surface area contributed by atoms with Crippen LogP contribution in [0.3, 0.4) is 0 Å². The molecule has 0 atom stereocenters. The van der Waals surface area contributed by atoms with Crippen molar-refractivity contribution in [2.45, 2.75) is 25.2 Å². The van der Waals surface area contributed by atoms with Crippen LogP contribution >= 0.6 is 0 Å². The molecular formula is C22H23FN2O2. The Morgan fingerprint density at radius 3 is 2.74 bits per heavy atom. The zero-order valence-electron chi connectivity index (χ0n) is 15.4. The molecule has 1 fully saturated rings. The molecule has 1 aliphatic rings. The van der Waals surface area contributed by atoms with Crippen molar-refractivity contribution in [2.24, 2.45) is 0 Å². The third-order valence-corrected chi connectivity index (χ3v) is 5.51. The van der Waals surface area contributed by atoms with Gasteiger partial charge in [0.15, 0.2) is 0 Å². The van der Waals surface area contributed by atoms with E-state index in [1.54, 1.807) is 25.3 Å². The summed E-state index contributed by atoms with van der Waals surface area (Å²) in [6.07, 6.45) is 4.02. The lowest BCUT2D eigenvalue weighted by molar-refractivity contribution is -0.131. The number of nitrogens with one attached hydrogen (secondary N) is 1. The van der Waals surface area contributed by atoms with E-state index >= 15 is 0 Å². The molecule has 0 bridgehead atoms. The first-order chi connectivity index (χ1) is 13.2. The van der Waals surface area contributed by atoms with Gasteiger partial charge in [0.25, 0.3) is 0 Å². The fourth-order valence-corrected chi connectivity index (χ4v) is 3.94. The molecule has 4 rings (SSSR count). The van der Waals surface area contributed by atoms with Crippen molar-refractivity contribution in [3.05, 3.63) is 65.6 Å². The Labute approximate surface area is 157 Å². The number of aromatic amines is 1. The molecule has 0 unspecified atom stereocenters. The zero-order chi connectivity index (χ0) is 18.8. The molecule has 0 radical (unpaired) electrons. The number of carbonyl (C=O) groups excluding carboxylic acids is 1. The minimum atomic E-state index is -0.312. The number of methoxy groups -OCH3 is 1. The van der Waals surface area contributed by atoms with Crippen LogP contribution in [0.15, 0.2) is 48.7 Å². The van der Waals surface area contributed by atoms with Crippen LogP contribution in [-0.2, 0) is 11.2 Å². The Kier molecular flexibility index (Phi) is 4.84. The number of hydrogen-bond donors (Lipinski definition) is 1. The first-order valence-electron chi connectivity index (χ1n) is 9.32. The summed E-state index contributed by atoms with van der Waals surface area (Å²) in [7, 11) is 1.67. The van der Waals surface area contributed by atoms with Crippen molar-refractivity contribution in [1.82, 2.24) is 9.88 Å². The molecule has 0 spiro atoms. The first-order valence-corrected chi connectivity index (χ1v) is 9.32. The summed E-state index contributed by atoms with van der Waals surface area (Å²) >= 11 is 0. The molecule has 140 valence electrons. The minimum absolute atomic E-state index is 0.000791. The molecule has 2 heterocycles. The van der Waals surface area contributed by atoms with Crippen LogP contribution in [0, 0.1) is 5.82 Å². The molecule has 1 aliphatic heterocycles. The highest BCUT2D eigenvalue weighted by molar-refractivity contribution is 5.85. The van der Waals surface area contributed by atoms with Crippen molar-refractivity contribution in [2.75, 3.05) is 20.2 Å². The predicted octanol–water partition coefficient (Wildman–Crippen LogP) is 4.26. The van der Waals surface area contributed by atoms with Gasteiger partial charge in [0.05, 0.1) is 13.5 Å². The summed E-state index contributed by atoms with van der Waals surface area (Å²) in [5.74, 6) is 0.942. The summed E-state index contributed by atoms with van der Waals surface area (Å²) in [5.41, 5.74) is 2.85. The Hall–Kier alpha value is -2.82. The van der Waals surface area contributed by atoms with Gasteiger partial charge in [-0.2, -0.15) is 0 Å². The van der Waals surface area contributed by atoms with Crippen molar-refractivity contribution in [3.63, 3.8) is 0 Å². The highest BCUT2D eigenvalue weighted by Crippen LogP contribution is 2.34. The molecule has 3 aromatic rings. The zero-order valence-corrected chi connectivity index (χ0v) is 15.4. The van der Waals surface area contributed by atoms with Crippen molar-refractivity contribution in [3.8, 4) is 5.75 Å². The number of nitrogens with zero attached hydrogens (tertiary/aromatic N) is 1. The maximum Gasteiger partial charge on any atom is 0.227 e. The van der Waals surface area contributed by atoms with Gasteiger partial charge < -0.3 is 14.6 Å². The maximum atomic E-state index is 13.8. The average molecular weight is 366 g/mol. The molecule has 1 saturated heterocycles. The normalized spacial score (nSPS) is 15.3. The number of hydrogen-bond acceptors (Lipinski definition) is 2. The second kappa shape index (κ2) is 7.43. The van der Waals surface area contributed by atoms with Gasteiger partial charge in [0, 0.05) is 30.2 Å². The van der Waals surface area contributed by atoms with E-state index in [1.807, 2.05) is 17.0 Å². The molecule has 2 aromatic carbocycles. The molecule has 0 aliphatic carbocycles. The quantitative estimate of drug-likeness (QED) is 0.750. The average Bonchev–Trinajstić information content (AvgIpc) is 3.13. The van der Waals surface area contributed by atoms with Gasteiger partial charge in [0.2, 0.25) is 5.91 Å². The van der Waals surface area contributed by atoms with Gasteiger partial charge in [-0.3, -0.25) is 4.79 Å². The van der Waals surface area contributed by atoms with Gasteiger partial charge in [0.1, 0.15) is 11.6 Å². The topological polar surface area (TPSA) is 45.3 Å². The van der Waals surface area contributed by atoms with E-state index in [4.69, 9.17) is 4.74 Å². The van der Waals surface area contributed by atoms with E-state index in [2.05, 4.69) is 17.2 Å². The molecule has 1 N–H and O–H groups in total. The predicted molar refractivity (Wildman–Crippen MR) is 104 cm³/mol. The third kappa shape index (κ3) is 3.54. The van der Waals surface area contributed by atoms with Crippen molar-refractivity contribution in [1.29, 1.82) is 0 Å². The highest BCUT2D eigenvalue weighted by atomic mass is 19.1. The van der Waals surface area contributed by atoms with E-state index in [1.165, 1.54) is 17.0 Å². The third-order valence-electron chi connectivity index (χ3n) is 5.51. The fourth-order valence-electron chi connectivity index (χ4n) is 3.94. The molecule has 1 aromatic heterocycles. The second-order valence-corrected chi connectivity index (χ2v) is 7.08. The Bertz CT molecular complexity index is 958. The number of amides is 1. The van der Waals surface area contributed by atoms with E-state index in [9.17, 15) is 9.18 Å². The number of H-pyrrole nitrogens is 1. The molecule has 27 heavy (non-hydrogen) atoms. The van der Waals surface area contributed by atoms with Crippen LogP contribution in [0.25, 0.3) is 10.9 Å². The number of likely N-dealkylation sites (tertiary alicyclic amines) is 1. The Balaban J connectivity index is 1.43. The standard InChI is InChI=1S/C22H23FN2O2/c1-27-17-6-7-21-18(13-17)19(14-24-21)15-8-10-25(11-9-15)22(26)12-16-4-2-3-5-20(16)23/h2-7,13-15,24H,8-12H2,1H3. The lowest BCUT2D eigenvalue weighted by Gasteiger charge is -2.32. The lowest BCUT2D eigenvalue weighted by Crippen LogP contribution is -2.38. The van der Waals surface area contributed by atoms with E-state index in [0.717, 1.165) is 24.1 Å². The molecular weight excluding hydrogens is 343 g/mol. The van der Waals surface area contributed by atoms with E-state index in [0.29, 0.717) is 24.6 Å². The minimum Gasteiger partial charge on any atom is -0.497 e. The number of ether oxygens (including phenoxy) is 1. The van der Waals surface area contributed by atoms with Crippen LogP contribution in [0.5, 0.6) is 5.75 Å². The summed E-state index contributed by atoms with van der Waals surface area (Å²) in [4.78, 5) is 17.7. The largest absolute Gasteiger partial charge is 0.497 e. The highest BCUT2D eigenvalue weighted by Gasteiger charge is 2.26. The molecule has 4 nitrogen and oxygen atoms in total. The van der Waals surface area contributed by atoms with Gasteiger partial charge >= 0.3 is 0 Å². The van der Waals surface area contributed by atoms with Crippen LogP contribution in [0.1, 0.15) is 29.9 Å². The van der Waals surface area contributed by atoms with Crippen LogP contribution in [0.4, 0.5) is 4.39 Å². The van der Waals surface area contributed by atoms with E-state index < -0.39 is 0 Å². The van der Waals surface area contributed by atoms with Gasteiger partial charge in [-0.25, -0.2) is 4.39 Å². The monoisotopic (exact) mass is 366 g/mol. The number of halogens is 1. The smallest absolute Gasteiger partial charge is 0.227 e. The number of carbonyl (C=O) groups is 1. The fraction of sp³-hybridized carbons (Fsp3) is 0.318. The van der Waals surface area contributed by atoms with Crippen molar-refractivity contribution >= 4 is 16.8 Å². The van der Waals surface area contributed by atoms with Crippen LogP contribution < -0.4 is 4.74 Å². The Morgan fingerprint density at radius 2 is 2.00 bits per heavy atom. The van der Waals surface area contributed by atoms with Crippen molar-refractivity contribution < 1.29 is 13.9 Å². The number of piperidine rings is 1. The summed E-state index contributed by atoms with van der Waals surface area (Å²) in [6, 6.07) is 12.5. The SMILES string of the molecule is COc1ccc2[nH]cc(C3CCN(C(=O)Cc4ccccc4F)CC3)c2c1. The number of fused-ring (bicyclic) bond motifs is 1. The number of rotatable bonds is 4. The molecule has 1 amide bonds. The summed E-state index contributed by atoms with van der Waals surface area (Å²) < 4.78 is 19.1. The van der Waals surface area contributed by atoms with Gasteiger partial charge in [-0.15, -0.1) is 0 Å². The first kappa shape index (κ1) is 17.6. The number of benzene rings is 2. The van der Waals surface area contributed by atoms with Crippen LogP contribution in [0.2, 0.25) is 0 Å². The summed E-state index contributed by atoms with van der Waals surface area (Å²) in [6.45, 7) is 1.41. The lowest BCUT2D eigenvalue weighted by atomic mass is 9.89. The van der Waals surface area contributed by atoms with Crippen LogP contribution in [-0.4, -0.2) is 36.0 Å². The van der Waals surface area contributed by atoms with E-state index in [-0.39, 0.29) is 18.1 Å². The van der Waals surface area contributed by atoms with Gasteiger partial charge in [-0.1, -0.05) is 18.2 Å². The summed E-state index contributed by atoms with van der Waals surface area (Å²) in [5, 5.41) is 1.19.